The van der Waals surface area contributed by atoms with Crippen LogP contribution < -0.4 is 5.32 Å². The average molecular weight is 343 g/mol. The van der Waals surface area contributed by atoms with Gasteiger partial charge in [-0.15, -0.1) is 0 Å². The van der Waals surface area contributed by atoms with Gasteiger partial charge in [-0.3, -0.25) is 4.79 Å². The van der Waals surface area contributed by atoms with Gasteiger partial charge in [0.25, 0.3) is 5.91 Å². The van der Waals surface area contributed by atoms with Crippen molar-refractivity contribution < 1.29 is 9.90 Å². The van der Waals surface area contributed by atoms with E-state index in [2.05, 4.69) is 21.2 Å². The van der Waals surface area contributed by atoms with Crippen LogP contribution >= 0.6 is 15.9 Å². The minimum atomic E-state index is -0.437. The van der Waals surface area contributed by atoms with E-state index in [9.17, 15) is 9.90 Å². The maximum Gasteiger partial charge on any atom is 0.268 e. The van der Waals surface area contributed by atoms with Crippen LogP contribution in [0.5, 0.6) is 0 Å². The van der Waals surface area contributed by atoms with E-state index in [0.717, 1.165) is 30.2 Å². The molecule has 0 aliphatic heterocycles. The number of rotatable bonds is 4. The van der Waals surface area contributed by atoms with Crippen LogP contribution in [-0.2, 0) is 0 Å². The van der Waals surface area contributed by atoms with Crippen LogP contribution in [-0.4, -0.2) is 27.7 Å². The van der Waals surface area contributed by atoms with E-state index in [1.165, 1.54) is 6.42 Å². The summed E-state index contributed by atoms with van der Waals surface area (Å²) in [5.74, 6) is -0.0969. The molecule has 112 valence electrons. The van der Waals surface area contributed by atoms with Crippen molar-refractivity contribution in [1.82, 2.24) is 9.88 Å². The molecule has 0 atom stereocenters. The van der Waals surface area contributed by atoms with Crippen molar-refractivity contribution in [1.29, 1.82) is 0 Å². The Labute approximate surface area is 128 Å². The smallest absolute Gasteiger partial charge is 0.268 e. The number of nitrogens with one attached hydrogen (secondary N) is 1. The summed E-state index contributed by atoms with van der Waals surface area (Å²) in [7, 11) is 0. The summed E-state index contributed by atoms with van der Waals surface area (Å²) in [6, 6.07) is 2.06. The molecule has 1 aliphatic rings. The fourth-order valence-corrected chi connectivity index (χ4v) is 3.35. The predicted molar refractivity (Wildman–Crippen MR) is 82.9 cm³/mol. The van der Waals surface area contributed by atoms with Crippen molar-refractivity contribution in [3.05, 3.63) is 22.4 Å². The number of aromatic nitrogens is 1. The third-order valence-corrected chi connectivity index (χ3v) is 4.53. The Hall–Kier alpha value is -0.810. The summed E-state index contributed by atoms with van der Waals surface area (Å²) < 4.78 is 2.85. The number of aliphatic hydroxyl groups is 1. The standard InChI is InChI=1S/C15H23BrN2O2/c1-11(2)18-9-12(16)8-13(18)14(20)17-15(10-19)6-4-3-5-7-15/h8-9,11,19H,3-7,10H2,1-2H3,(H,17,20). The second kappa shape index (κ2) is 6.31. The largest absolute Gasteiger partial charge is 0.394 e. The van der Waals surface area contributed by atoms with Crippen LogP contribution in [0, 0.1) is 0 Å². The van der Waals surface area contributed by atoms with Gasteiger partial charge in [-0.1, -0.05) is 19.3 Å². The van der Waals surface area contributed by atoms with E-state index < -0.39 is 5.54 Å². The van der Waals surface area contributed by atoms with Gasteiger partial charge in [0.15, 0.2) is 0 Å². The summed E-state index contributed by atoms with van der Waals surface area (Å²) in [6.45, 7) is 4.11. The van der Waals surface area contributed by atoms with Crippen LogP contribution in [0.4, 0.5) is 0 Å². The van der Waals surface area contributed by atoms with Gasteiger partial charge < -0.3 is 15.0 Å². The van der Waals surface area contributed by atoms with Gasteiger partial charge in [0.2, 0.25) is 0 Å². The van der Waals surface area contributed by atoms with Crippen LogP contribution in [0.3, 0.4) is 0 Å². The summed E-state index contributed by atoms with van der Waals surface area (Å²) >= 11 is 3.43. The molecule has 0 radical (unpaired) electrons. The van der Waals surface area contributed by atoms with Gasteiger partial charge in [-0.2, -0.15) is 0 Å². The monoisotopic (exact) mass is 342 g/mol. The molecule has 0 unspecified atom stereocenters. The Morgan fingerprint density at radius 2 is 2.10 bits per heavy atom. The van der Waals surface area contributed by atoms with Crippen molar-refractivity contribution in [3.8, 4) is 0 Å². The lowest BCUT2D eigenvalue weighted by Crippen LogP contribution is -2.52. The molecule has 0 spiro atoms. The molecule has 1 heterocycles. The molecule has 5 heteroatoms. The molecular formula is C15H23BrN2O2. The van der Waals surface area contributed by atoms with E-state index in [-0.39, 0.29) is 18.6 Å². The lowest BCUT2D eigenvalue weighted by atomic mass is 9.82. The van der Waals surface area contributed by atoms with Crippen molar-refractivity contribution in [2.75, 3.05) is 6.61 Å². The first-order valence-corrected chi connectivity index (χ1v) is 8.07. The third kappa shape index (κ3) is 3.26. The molecule has 2 N–H and O–H groups in total. The Balaban J connectivity index is 2.19. The van der Waals surface area contributed by atoms with Gasteiger partial charge in [0.1, 0.15) is 5.69 Å². The van der Waals surface area contributed by atoms with Gasteiger partial charge in [0, 0.05) is 16.7 Å². The maximum atomic E-state index is 12.6. The van der Waals surface area contributed by atoms with Crippen molar-refractivity contribution >= 4 is 21.8 Å². The van der Waals surface area contributed by atoms with E-state index >= 15 is 0 Å². The average Bonchev–Trinajstić information content (AvgIpc) is 2.82. The number of amides is 1. The first-order chi connectivity index (χ1) is 9.47. The highest BCUT2D eigenvalue weighted by atomic mass is 79.9. The van der Waals surface area contributed by atoms with E-state index in [4.69, 9.17) is 0 Å². The fraction of sp³-hybridized carbons (Fsp3) is 0.667. The number of halogens is 1. The number of aliphatic hydroxyl groups excluding tert-OH is 1. The fourth-order valence-electron chi connectivity index (χ4n) is 2.91. The van der Waals surface area contributed by atoms with Gasteiger partial charge >= 0.3 is 0 Å². The highest BCUT2D eigenvalue weighted by Crippen LogP contribution is 2.28. The van der Waals surface area contributed by atoms with Crippen molar-refractivity contribution in [2.24, 2.45) is 0 Å². The quantitative estimate of drug-likeness (QED) is 0.882. The zero-order valence-corrected chi connectivity index (χ0v) is 13.7. The molecule has 4 nitrogen and oxygen atoms in total. The molecule has 1 amide bonds. The Bertz CT molecular complexity index is 476. The molecular weight excluding hydrogens is 320 g/mol. The van der Waals surface area contributed by atoms with E-state index in [1.807, 2.05) is 30.7 Å². The number of nitrogens with zero attached hydrogens (tertiary/aromatic N) is 1. The van der Waals surface area contributed by atoms with E-state index in [0.29, 0.717) is 5.69 Å². The number of carbonyl (C=O) groups excluding carboxylic acids is 1. The summed E-state index contributed by atoms with van der Waals surface area (Å²) in [5.41, 5.74) is 0.207. The molecule has 1 aromatic heterocycles. The third-order valence-electron chi connectivity index (χ3n) is 4.10. The van der Waals surface area contributed by atoms with Gasteiger partial charge in [-0.05, 0) is 48.7 Å². The number of carbonyl (C=O) groups is 1. The zero-order valence-electron chi connectivity index (χ0n) is 12.2. The van der Waals surface area contributed by atoms with E-state index in [1.54, 1.807) is 0 Å². The Kier molecular flexibility index (Phi) is 4.91. The lowest BCUT2D eigenvalue weighted by Gasteiger charge is -2.36. The Morgan fingerprint density at radius 1 is 1.45 bits per heavy atom. The maximum absolute atomic E-state index is 12.6. The summed E-state index contributed by atoms with van der Waals surface area (Å²) in [4.78, 5) is 12.6. The highest BCUT2D eigenvalue weighted by molar-refractivity contribution is 9.10. The first-order valence-electron chi connectivity index (χ1n) is 7.28. The van der Waals surface area contributed by atoms with Crippen LogP contribution in [0.15, 0.2) is 16.7 Å². The topological polar surface area (TPSA) is 54.3 Å². The molecule has 1 fully saturated rings. The molecule has 0 aromatic carbocycles. The molecule has 1 aromatic rings. The normalized spacial score (nSPS) is 18.2. The molecule has 2 rings (SSSR count). The number of hydrogen-bond acceptors (Lipinski definition) is 2. The highest BCUT2D eigenvalue weighted by Gasteiger charge is 2.33. The molecule has 20 heavy (non-hydrogen) atoms. The number of hydrogen-bond donors (Lipinski definition) is 2. The van der Waals surface area contributed by atoms with Crippen LogP contribution in [0.1, 0.15) is 62.5 Å². The minimum Gasteiger partial charge on any atom is -0.394 e. The minimum absolute atomic E-state index is 0.0162. The van der Waals surface area contributed by atoms with Gasteiger partial charge in [-0.25, -0.2) is 0 Å². The van der Waals surface area contributed by atoms with Crippen LogP contribution in [0.25, 0.3) is 0 Å². The molecule has 0 saturated heterocycles. The summed E-state index contributed by atoms with van der Waals surface area (Å²) in [6.07, 6.45) is 6.96. The van der Waals surface area contributed by atoms with Crippen molar-refractivity contribution in [3.63, 3.8) is 0 Å². The second-order valence-electron chi connectivity index (χ2n) is 6.00. The van der Waals surface area contributed by atoms with Crippen molar-refractivity contribution in [2.45, 2.75) is 57.5 Å². The Morgan fingerprint density at radius 3 is 2.65 bits per heavy atom. The predicted octanol–water partition coefficient (Wildman–Crippen LogP) is 3.26. The zero-order chi connectivity index (χ0) is 14.8. The SMILES string of the molecule is CC(C)n1cc(Br)cc1C(=O)NC1(CO)CCCCC1. The molecule has 1 aliphatic carbocycles. The van der Waals surface area contributed by atoms with Crippen LogP contribution in [0.2, 0.25) is 0 Å². The second-order valence-corrected chi connectivity index (χ2v) is 6.91. The molecule has 1 saturated carbocycles. The molecule has 0 bridgehead atoms. The summed E-state index contributed by atoms with van der Waals surface area (Å²) in [5, 5.41) is 12.8. The van der Waals surface area contributed by atoms with Gasteiger partial charge in [0.05, 0.1) is 12.1 Å². The lowest BCUT2D eigenvalue weighted by molar-refractivity contribution is 0.0748. The first kappa shape index (κ1) is 15.6.